The highest BCUT2D eigenvalue weighted by atomic mass is 32.1. The highest BCUT2D eigenvalue weighted by molar-refractivity contribution is 7.10. The van der Waals surface area contributed by atoms with E-state index in [2.05, 4.69) is 18.4 Å². The molecule has 1 aromatic heterocycles. The number of carbonyl (C=O) groups is 2. The Morgan fingerprint density at radius 1 is 0.949 bits per heavy atom. The summed E-state index contributed by atoms with van der Waals surface area (Å²) in [6.07, 6.45) is 13.0. The summed E-state index contributed by atoms with van der Waals surface area (Å²) in [6.45, 7) is 4.13. The van der Waals surface area contributed by atoms with Crippen LogP contribution in [0.1, 0.15) is 99.6 Å². The molecule has 7 heteroatoms. The molecule has 0 aliphatic carbocycles. The van der Waals surface area contributed by atoms with E-state index in [0.29, 0.717) is 26.1 Å². The van der Waals surface area contributed by atoms with Crippen molar-refractivity contribution in [1.29, 1.82) is 0 Å². The number of methoxy groups -OCH3 is 2. The van der Waals surface area contributed by atoms with E-state index < -0.39 is 0 Å². The van der Waals surface area contributed by atoms with Gasteiger partial charge in [-0.1, -0.05) is 70.4 Å². The molecule has 2 amide bonds. The highest BCUT2D eigenvalue weighted by Gasteiger charge is 2.34. The normalized spacial score (nSPS) is 14.7. The molecule has 0 bridgehead atoms. The van der Waals surface area contributed by atoms with E-state index in [1.807, 2.05) is 29.2 Å². The Kier molecular flexibility index (Phi) is 13.9. The molecule has 0 radical (unpaired) electrons. The van der Waals surface area contributed by atoms with Crippen LogP contribution in [0, 0.1) is 0 Å². The van der Waals surface area contributed by atoms with Gasteiger partial charge >= 0.3 is 0 Å². The molecule has 6 nitrogen and oxygen atoms in total. The quantitative estimate of drug-likeness (QED) is 0.185. The molecule has 3 rings (SSSR count). The summed E-state index contributed by atoms with van der Waals surface area (Å²) < 4.78 is 10.6. The number of ether oxygens (including phenoxy) is 2. The van der Waals surface area contributed by atoms with E-state index in [1.165, 1.54) is 55.4 Å². The Labute approximate surface area is 239 Å². The molecule has 39 heavy (non-hydrogen) atoms. The van der Waals surface area contributed by atoms with Crippen LogP contribution in [0.15, 0.2) is 35.7 Å². The molecule has 1 aliphatic rings. The number of hydrogen-bond acceptors (Lipinski definition) is 5. The van der Waals surface area contributed by atoms with Gasteiger partial charge < -0.3 is 19.3 Å². The minimum Gasteiger partial charge on any atom is -0.497 e. The van der Waals surface area contributed by atoms with Gasteiger partial charge in [-0.2, -0.15) is 0 Å². The first-order chi connectivity index (χ1) is 19.1. The highest BCUT2D eigenvalue weighted by Crippen LogP contribution is 2.38. The predicted molar refractivity (Wildman–Crippen MR) is 159 cm³/mol. The van der Waals surface area contributed by atoms with Gasteiger partial charge in [0.05, 0.1) is 19.7 Å². The molecule has 0 saturated heterocycles. The van der Waals surface area contributed by atoms with Crippen LogP contribution in [0.4, 0.5) is 0 Å². The second-order valence-electron chi connectivity index (χ2n) is 10.6. The van der Waals surface area contributed by atoms with Crippen molar-refractivity contribution < 1.29 is 19.1 Å². The van der Waals surface area contributed by atoms with Gasteiger partial charge in [0.15, 0.2) is 0 Å². The zero-order chi connectivity index (χ0) is 27.9. The topological polar surface area (TPSA) is 59.1 Å². The van der Waals surface area contributed by atoms with Crippen molar-refractivity contribution in [1.82, 2.24) is 9.80 Å². The van der Waals surface area contributed by atoms with Crippen LogP contribution >= 0.6 is 11.3 Å². The zero-order valence-electron chi connectivity index (χ0n) is 24.3. The standard InChI is InChI=1S/C32H48N2O4S/c1-4-5-6-7-8-9-10-11-12-14-30(35)33(21-13-23-37-2)25-31(36)34-22-19-29-28(20-24-39-29)32(34)26-15-17-27(38-3)18-16-26/h15-18,20,24,32H,4-14,19,21-23,25H2,1-3H3. The number of nitrogens with zero attached hydrogens (tertiary/aromatic N) is 2. The first-order valence-electron chi connectivity index (χ1n) is 14.8. The molecular weight excluding hydrogens is 508 g/mol. The average molecular weight is 557 g/mol. The summed E-state index contributed by atoms with van der Waals surface area (Å²) in [7, 11) is 3.33. The number of fused-ring (bicyclic) bond motifs is 1. The van der Waals surface area contributed by atoms with Gasteiger partial charge in [0, 0.05) is 38.1 Å². The minimum atomic E-state index is -0.147. The van der Waals surface area contributed by atoms with E-state index >= 15 is 0 Å². The Morgan fingerprint density at radius 3 is 2.31 bits per heavy atom. The molecule has 0 N–H and O–H groups in total. The van der Waals surface area contributed by atoms with Crippen LogP contribution in [-0.2, 0) is 20.7 Å². The van der Waals surface area contributed by atoms with Crippen LogP contribution in [0.3, 0.4) is 0 Å². The molecule has 2 aromatic rings. The van der Waals surface area contributed by atoms with Crippen molar-refractivity contribution in [3.8, 4) is 5.75 Å². The van der Waals surface area contributed by atoms with Crippen molar-refractivity contribution in [3.05, 3.63) is 51.7 Å². The summed E-state index contributed by atoms with van der Waals surface area (Å²) in [6, 6.07) is 9.98. The first-order valence-corrected chi connectivity index (χ1v) is 15.7. The van der Waals surface area contributed by atoms with E-state index in [0.717, 1.165) is 37.0 Å². The lowest BCUT2D eigenvalue weighted by molar-refractivity contribution is -0.142. The first kappa shape index (κ1) is 31.2. The van der Waals surface area contributed by atoms with Gasteiger partial charge in [-0.25, -0.2) is 0 Å². The number of benzene rings is 1. The van der Waals surface area contributed by atoms with Gasteiger partial charge in [-0.15, -0.1) is 11.3 Å². The van der Waals surface area contributed by atoms with Gasteiger partial charge in [0.1, 0.15) is 5.75 Å². The van der Waals surface area contributed by atoms with E-state index in [4.69, 9.17) is 9.47 Å². The fourth-order valence-corrected chi connectivity index (χ4v) is 6.33. The number of thiophene rings is 1. The number of carbonyl (C=O) groups excluding carboxylic acids is 2. The van der Waals surface area contributed by atoms with Crippen molar-refractivity contribution in [2.24, 2.45) is 0 Å². The lowest BCUT2D eigenvalue weighted by Crippen LogP contribution is -2.47. The average Bonchev–Trinajstić information content (AvgIpc) is 3.44. The van der Waals surface area contributed by atoms with Gasteiger partial charge in [-0.3, -0.25) is 9.59 Å². The van der Waals surface area contributed by atoms with Crippen LogP contribution < -0.4 is 4.74 Å². The summed E-state index contributed by atoms with van der Waals surface area (Å²) in [4.78, 5) is 32.1. The second-order valence-corrected chi connectivity index (χ2v) is 11.6. The predicted octanol–water partition coefficient (Wildman–Crippen LogP) is 7.02. The minimum absolute atomic E-state index is 0.00511. The molecule has 1 unspecified atom stereocenters. The van der Waals surface area contributed by atoms with Gasteiger partial charge in [-0.05, 0) is 54.0 Å². The maximum Gasteiger partial charge on any atom is 0.242 e. The summed E-state index contributed by atoms with van der Waals surface area (Å²) >= 11 is 1.76. The van der Waals surface area contributed by atoms with E-state index in [9.17, 15) is 9.59 Å². The van der Waals surface area contributed by atoms with Gasteiger partial charge in [0.2, 0.25) is 11.8 Å². The Hall–Kier alpha value is -2.38. The third-order valence-electron chi connectivity index (χ3n) is 7.67. The van der Waals surface area contributed by atoms with Crippen molar-refractivity contribution in [2.45, 2.75) is 90.0 Å². The van der Waals surface area contributed by atoms with Crippen molar-refractivity contribution in [2.75, 3.05) is 40.5 Å². The molecule has 1 aromatic carbocycles. The third kappa shape index (κ3) is 9.64. The lowest BCUT2D eigenvalue weighted by atomic mass is 9.93. The van der Waals surface area contributed by atoms with Crippen LogP contribution in [-0.4, -0.2) is 62.1 Å². The van der Waals surface area contributed by atoms with Crippen LogP contribution in [0.2, 0.25) is 0 Å². The maximum absolute atomic E-state index is 13.8. The molecule has 1 atom stereocenters. The van der Waals surface area contributed by atoms with E-state index in [-0.39, 0.29) is 24.4 Å². The van der Waals surface area contributed by atoms with Crippen molar-refractivity contribution >= 4 is 23.2 Å². The fraction of sp³-hybridized carbons (Fsp3) is 0.625. The lowest BCUT2D eigenvalue weighted by Gasteiger charge is -2.37. The SMILES string of the molecule is CCCCCCCCCCCC(=O)N(CCCOC)CC(=O)N1CCc2sccc2C1c1ccc(OC)cc1. The number of rotatable bonds is 18. The maximum atomic E-state index is 13.8. The molecule has 2 heterocycles. The van der Waals surface area contributed by atoms with E-state index in [1.54, 1.807) is 30.5 Å². The smallest absolute Gasteiger partial charge is 0.242 e. The number of unbranched alkanes of at least 4 members (excludes halogenated alkanes) is 8. The molecular formula is C32H48N2O4S. The third-order valence-corrected chi connectivity index (χ3v) is 8.66. The zero-order valence-corrected chi connectivity index (χ0v) is 25.1. The molecule has 0 saturated carbocycles. The Balaban J connectivity index is 1.60. The summed E-state index contributed by atoms with van der Waals surface area (Å²) in [5.74, 6) is 0.881. The molecule has 0 spiro atoms. The van der Waals surface area contributed by atoms with Crippen molar-refractivity contribution in [3.63, 3.8) is 0 Å². The van der Waals surface area contributed by atoms with Crippen LogP contribution in [0.25, 0.3) is 0 Å². The fourth-order valence-electron chi connectivity index (χ4n) is 5.42. The number of amides is 2. The summed E-state index contributed by atoms with van der Waals surface area (Å²) in [5, 5.41) is 2.11. The molecule has 0 fully saturated rings. The Morgan fingerprint density at radius 2 is 1.64 bits per heavy atom. The second kappa shape index (κ2) is 17.3. The monoisotopic (exact) mass is 556 g/mol. The Bertz CT molecular complexity index is 990. The van der Waals surface area contributed by atoms with Gasteiger partial charge in [0.25, 0.3) is 0 Å². The molecule has 1 aliphatic heterocycles. The number of hydrogen-bond donors (Lipinski definition) is 0. The molecule has 216 valence electrons. The summed E-state index contributed by atoms with van der Waals surface area (Å²) in [5.41, 5.74) is 2.26. The van der Waals surface area contributed by atoms with Crippen LogP contribution in [0.5, 0.6) is 5.75 Å². The largest absolute Gasteiger partial charge is 0.497 e.